The summed E-state index contributed by atoms with van der Waals surface area (Å²) in [6, 6.07) is 0. The largest absolute Gasteiger partial charge is 0.480 e. The van der Waals surface area contributed by atoms with Gasteiger partial charge in [-0.3, -0.25) is 4.79 Å². The van der Waals surface area contributed by atoms with Gasteiger partial charge in [-0.25, -0.2) is 4.79 Å². The van der Waals surface area contributed by atoms with Gasteiger partial charge in [-0.05, 0) is 24.9 Å². The number of nitrogens with one attached hydrogen (secondary N) is 1. The van der Waals surface area contributed by atoms with Gasteiger partial charge in [0.05, 0.1) is 0 Å². The van der Waals surface area contributed by atoms with Crippen LogP contribution in [-0.2, 0) is 4.79 Å². The van der Waals surface area contributed by atoms with E-state index in [9.17, 15) is 9.59 Å². The second kappa shape index (κ2) is 5.02. The van der Waals surface area contributed by atoms with Crippen molar-refractivity contribution in [2.75, 3.05) is 0 Å². The Morgan fingerprint density at radius 3 is 2.75 bits per heavy atom. The molecule has 2 N–H and O–H groups in total. The Bertz CT molecular complexity index is 379. The molecule has 0 saturated heterocycles. The molecule has 1 amide bonds. The number of amides is 1. The number of carboxylic acid groups (broad SMARTS) is 1. The lowest BCUT2D eigenvalue weighted by molar-refractivity contribution is -0.144. The summed E-state index contributed by atoms with van der Waals surface area (Å²) in [6.07, 6.45) is 1.03. The lowest BCUT2D eigenvalue weighted by Crippen LogP contribution is -2.52. The molecule has 1 heterocycles. The van der Waals surface area contributed by atoms with E-state index < -0.39 is 17.4 Å². The van der Waals surface area contributed by atoms with Gasteiger partial charge in [0.25, 0.3) is 5.91 Å². The summed E-state index contributed by atoms with van der Waals surface area (Å²) in [5, 5.41) is 16.6. The molecular formula is C9H13N3O3S. The van der Waals surface area contributed by atoms with Crippen molar-refractivity contribution in [2.24, 2.45) is 0 Å². The molecule has 1 aromatic rings. The van der Waals surface area contributed by atoms with Gasteiger partial charge in [0.2, 0.25) is 0 Å². The van der Waals surface area contributed by atoms with E-state index >= 15 is 0 Å². The standard InChI is InChI=1S/C9H13N3O3S/c1-3-4-9(2,8(14)15)10-7(13)6-5-16-12-11-6/h5H,3-4H2,1-2H3,(H,10,13)(H,14,15). The predicted molar refractivity (Wildman–Crippen MR) is 58.3 cm³/mol. The van der Waals surface area contributed by atoms with Crippen molar-refractivity contribution in [2.45, 2.75) is 32.2 Å². The van der Waals surface area contributed by atoms with Crippen molar-refractivity contribution in [1.29, 1.82) is 0 Å². The maximum Gasteiger partial charge on any atom is 0.329 e. The molecule has 0 spiro atoms. The molecule has 0 saturated carbocycles. The number of aliphatic carboxylic acids is 1. The zero-order chi connectivity index (χ0) is 12.2. The number of hydrogen-bond donors (Lipinski definition) is 2. The molecule has 0 radical (unpaired) electrons. The van der Waals surface area contributed by atoms with Crippen molar-refractivity contribution < 1.29 is 14.7 Å². The van der Waals surface area contributed by atoms with E-state index in [0.717, 1.165) is 11.5 Å². The number of carbonyl (C=O) groups is 2. The molecule has 7 heteroatoms. The minimum Gasteiger partial charge on any atom is -0.480 e. The summed E-state index contributed by atoms with van der Waals surface area (Å²) in [7, 11) is 0. The van der Waals surface area contributed by atoms with Gasteiger partial charge in [-0.1, -0.05) is 17.8 Å². The minimum atomic E-state index is -1.25. The van der Waals surface area contributed by atoms with Crippen LogP contribution in [-0.4, -0.2) is 32.1 Å². The van der Waals surface area contributed by atoms with Gasteiger partial charge in [-0.2, -0.15) is 0 Å². The number of nitrogens with zero attached hydrogens (tertiary/aromatic N) is 2. The first-order valence-electron chi connectivity index (χ1n) is 4.82. The van der Waals surface area contributed by atoms with E-state index in [-0.39, 0.29) is 5.69 Å². The van der Waals surface area contributed by atoms with Crippen LogP contribution in [0.2, 0.25) is 0 Å². The van der Waals surface area contributed by atoms with Crippen LogP contribution in [0.4, 0.5) is 0 Å². The summed E-state index contributed by atoms with van der Waals surface area (Å²) in [5.41, 5.74) is -1.11. The fourth-order valence-corrected chi connectivity index (χ4v) is 1.74. The Morgan fingerprint density at radius 2 is 2.31 bits per heavy atom. The monoisotopic (exact) mass is 243 g/mol. The summed E-state index contributed by atoms with van der Waals surface area (Å²) in [5.74, 6) is -1.56. The van der Waals surface area contributed by atoms with E-state index in [2.05, 4.69) is 14.9 Å². The average molecular weight is 243 g/mol. The van der Waals surface area contributed by atoms with Crippen LogP contribution in [0.1, 0.15) is 37.2 Å². The van der Waals surface area contributed by atoms with Crippen LogP contribution in [0.3, 0.4) is 0 Å². The van der Waals surface area contributed by atoms with E-state index in [0.29, 0.717) is 12.8 Å². The fraction of sp³-hybridized carbons (Fsp3) is 0.556. The van der Waals surface area contributed by atoms with Crippen molar-refractivity contribution >= 4 is 23.4 Å². The van der Waals surface area contributed by atoms with Gasteiger partial charge in [0.1, 0.15) is 5.54 Å². The van der Waals surface area contributed by atoms with Crippen LogP contribution >= 0.6 is 11.5 Å². The van der Waals surface area contributed by atoms with Crippen LogP contribution in [0.15, 0.2) is 5.38 Å². The second-order valence-corrected chi connectivity index (χ2v) is 4.24. The van der Waals surface area contributed by atoms with Crippen LogP contribution < -0.4 is 5.32 Å². The molecule has 0 fully saturated rings. The van der Waals surface area contributed by atoms with Crippen molar-refractivity contribution in [3.8, 4) is 0 Å². The maximum atomic E-state index is 11.6. The predicted octanol–water partition coefficient (Wildman–Crippen LogP) is 0.911. The van der Waals surface area contributed by atoms with Crippen molar-refractivity contribution in [3.63, 3.8) is 0 Å². The molecule has 0 aliphatic rings. The van der Waals surface area contributed by atoms with E-state index in [1.165, 1.54) is 12.3 Å². The molecule has 0 aromatic carbocycles. The molecule has 88 valence electrons. The molecule has 1 unspecified atom stereocenters. The van der Waals surface area contributed by atoms with Crippen LogP contribution in [0.25, 0.3) is 0 Å². The highest BCUT2D eigenvalue weighted by Gasteiger charge is 2.34. The Balaban J connectivity index is 2.77. The number of carbonyl (C=O) groups excluding carboxylic acids is 1. The zero-order valence-electron chi connectivity index (χ0n) is 9.06. The maximum absolute atomic E-state index is 11.6. The first-order valence-corrected chi connectivity index (χ1v) is 5.66. The molecule has 16 heavy (non-hydrogen) atoms. The lowest BCUT2D eigenvalue weighted by Gasteiger charge is -2.25. The van der Waals surface area contributed by atoms with Crippen molar-refractivity contribution in [1.82, 2.24) is 14.9 Å². The third-order valence-corrected chi connectivity index (χ3v) is 2.71. The second-order valence-electron chi connectivity index (χ2n) is 3.63. The molecule has 1 atom stereocenters. The molecule has 0 aliphatic carbocycles. The molecule has 0 bridgehead atoms. The summed E-state index contributed by atoms with van der Waals surface area (Å²) < 4.78 is 3.55. The molecular weight excluding hydrogens is 230 g/mol. The molecule has 1 rings (SSSR count). The fourth-order valence-electron chi connectivity index (χ4n) is 1.30. The van der Waals surface area contributed by atoms with E-state index in [1.807, 2.05) is 6.92 Å². The smallest absolute Gasteiger partial charge is 0.329 e. The van der Waals surface area contributed by atoms with E-state index in [1.54, 1.807) is 0 Å². The summed E-state index contributed by atoms with van der Waals surface area (Å²) in [6.45, 7) is 3.34. The molecule has 6 nitrogen and oxygen atoms in total. The summed E-state index contributed by atoms with van der Waals surface area (Å²) in [4.78, 5) is 22.7. The summed E-state index contributed by atoms with van der Waals surface area (Å²) >= 11 is 1.05. The highest BCUT2D eigenvalue weighted by molar-refractivity contribution is 7.03. The average Bonchev–Trinajstić information content (AvgIpc) is 2.70. The Labute approximate surface area is 96.8 Å². The molecule has 1 aromatic heterocycles. The van der Waals surface area contributed by atoms with Crippen molar-refractivity contribution in [3.05, 3.63) is 11.1 Å². The van der Waals surface area contributed by atoms with Gasteiger partial charge in [0, 0.05) is 5.38 Å². The Morgan fingerprint density at radius 1 is 1.62 bits per heavy atom. The molecule has 0 aliphatic heterocycles. The van der Waals surface area contributed by atoms with Gasteiger partial charge < -0.3 is 10.4 Å². The highest BCUT2D eigenvalue weighted by atomic mass is 32.1. The topological polar surface area (TPSA) is 92.2 Å². The van der Waals surface area contributed by atoms with Gasteiger partial charge >= 0.3 is 5.97 Å². The van der Waals surface area contributed by atoms with Crippen LogP contribution in [0, 0.1) is 0 Å². The minimum absolute atomic E-state index is 0.147. The van der Waals surface area contributed by atoms with Gasteiger partial charge in [0.15, 0.2) is 5.69 Å². The Kier molecular flexibility index (Phi) is 3.94. The van der Waals surface area contributed by atoms with Gasteiger partial charge in [-0.15, -0.1) is 5.10 Å². The third-order valence-electron chi connectivity index (χ3n) is 2.20. The SMILES string of the molecule is CCCC(C)(NC(=O)c1csnn1)C(=O)O. The number of carboxylic acids is 1. The number of aromatic nitrogens is 2. The number of rotatable bonds is 5. The zero-order valence-corrected chi connectivity index (χ0v) is 9.87. The van der Waals surface area contributed by atoms with E-state index in [4.69, 9.17) is 5.11 Å². The first kappa shape index (κ1) is 12.6. The Hall–Kier alpha value is -1.50. The number of hydrogen-bond acceptors (Lipinski definition) is 5. The lowest BCUT2D eigenvalue weighted by atomic mass is 9.96. The first-order chi connectivity index (χ1) is 7.49. The highest BCUT2D eigenvalue weighted by Crippen LogP contribution is 2.13. The third kappa shape index (κ3) is 2.75. The quantitative estimate of drug-likeness (QED) is 0.802. The normalized spacial score (nSPS) is 14.1. The van der Waals surface area contributed by atoms with Crippen LogP contribution in [0.5, 0.6) is 0 Å².